The molecular weight excluding hydrogens is 504 g/mol. The normalized spacial score (nSPS) is 13.0. The predicted molar refractivity (Wildman–Crippen MR) is 142 cm³/mol. The summed E-state index contributed by atoms with van der Waals surface area (Å²) in [5.74, 6) is -0.665. The van der Waals surface area contributed by atoms with Crippen molar-refractivity contribution in [3.63, 3.8) is 0 Å². The quantitative estimate of drug-likeness (QED) is 0.230. The third-order valence-corrected chi connectivity index (χ3v) is 6.83. The minimum absolute atomic E-state index is 0.108. The molecule has 0 spiro atoms. The number of aliphatic hydroxyl groups is 1. The molecule has 35 heavy (non-hydrogen) atoms. The monoisotopic (exact) mass is 526 g/mol. The molecule has 0 saturated carbocycles. The van der Waals surface area contributed by atoms with Gasteiger partial charge in [-0.05, 0) is 52.9 Å². The molecule has 1 heterocycles. The van der Waals surface area contributed by atoms with Crippen LogP contribution in [0.15, 0.2) is 117 Å². The Morgan fingerprint density at radius 3 is 2.03 bits per heavy atom. The highest BCUT2D eigenvalue weighted by Gasteiger charge is 2.27. The second kappa shape index (κ2) is 9.90. The van der Waals surface area contributed by atoms with Gasteiger partial charge in [0, 0.05) is 10.4 Å². The van der Waals surface area contributed by atoms with E-state index >= 15 is 0 Å². The maximum Gasteiger partial charge on any atom is 0.343 e. The average molecular weight is 527 g/mol. The Hall–Kier alpha value is -3.67. The summed E-state index contributed by atoms with van der Waals surface area (Å²) in [6.45, 7) is 0. The number of hydrogen-bond donors (Lipinski definition) is 2. The molecule has 174 valence electrons. The summed E-state index contributed by atoms with van der Waals surface area (Å²) in [6.07, 6.45) is -0.650. The fraction of sp³-hybridized carbons (Fsp3) is 0.100. The first-order valence-corrected chi connectivity index (χ1v) is 12.1. The summed E-state index contributed by atoms with van der Waals surface area (Å²) in [7, 11) is 0. The van der Waals surface area contributed by atoms with E-state index in [9.17, 15) is 15.0 Å². The van der Waals surface area contributed by atoms with E-state index in [2.05, 4.69) is 15.9 Å². The fourth-order valence-corrected chi connectivity index (χ4v) is 4.72. The van der Waals surface area contributed by atoms with Crippen molar-refractivity contribution < 1.29 is 14.6 Å². The molecular formula is C30H23BrO4. The number of aliphatic hydroxyl groups excluding tert-OH is 1. The van der Waals surface area contributed by atoms with Crippen molar-refractivity contribution in [1.82, 2.24) is 0 Å². The van der Waals surface area contributed by atoms with Gasteiger partial charge in [-0.1, -0.05) is 94.8 Å². The second-order valence-corrected chi connectivity index (χ2v) is 9.41. The van der Waals surface area contributed by atoms with E-state index in [0.717, 1.165) is 26.7 Å². The van der Waals surface area contributed by atoms with E-state index in [4.69, 9.17) is 4.42 Å². The molecule has 2 atom stereocenters. The summed E-state index contributed by atoms with van der Waals surface area (Å²) in [6, 6.07) is 32.1. The van der Waals surface area contributed by atoms with Crippen LogP contribution in [0, 0.1) is 0 Å². The van der Waals surface area contributed by atoms with Gasteiger partial charge in [0.1, 0.15) is 11.3 Å². The molecule has 1 aromatic heterocycles. The fourth-order valence-electron chi connectivity index (χ4n) is 4.46. The second-order valence-electron chi connectivity index (χ2n) is 8.49. The molecule has 0 aliphatic rings. The predicted octanol–water partition coefficient (Wildman–Crippen LogP) is 7.18. The van der Waals surface area contributed by atoms with E-state index in [1.165, 1.54) is 0 Å². The van der Waals surface area contributed by atoms with Gasteiger partial charge in [0.2, 0.25) is 0 Å². The highest BCUT2D eigenvalue weighted by atomic mass is 79.9. The lowest BCUT2D eigenvalue weighted by molar-refractivity contribution is 0.161. The van der Waals surface area contributed by atoms with Gasteiger partial charge in [-0.2, -0.15) is 0 Å². The molecule has 2 N–H and O–H groups in total. The number of fused-ring (bicyclic) bond motifs is 1. The van der Waals surface area contributed by atoms with Crippen LogP contribution in [0.25, 0.3) is 22.1 Å². The van der Waals surface area contributed by atoms with Crippen molar-refractivity contribution in [1.29, 1.82) is 0 Å². The van der Waals surface area contributed by atoms with Crippen molar-refractivity contribution in [2.24, 2.45) is 0 Å². The van der Waals surface area contributed by atoms with Gasteiger partial charge < -0.3 is 14.6 Å². The third-order valence-electron chi connectivity index (χ3n) is 6.30. The summed E-state index contributed by atoms with van der Waals surface area (Å²) in [5, 5.41) is 22.7. The van der Waals surface area contributed by atoms with Crippen LogP contribution in [0.2, 0.25) is 0 Å². The Morgan fingerprint density at radius 1 is 0.743 bits per heavy atom. The van der Waals surface area contributed by atoms with E-state index in [1.807, 2.05) is 78.9 Å². The van der Waals surface area contributed by atoms with Crippen molar-refractivity contribution in [3.05, 3.63) is 135 Å². The highest BCUT2D eigenvalue weighted by Crippen LogP contribution is 2.39. The van der Waals surface area contributed by atoms with Gasteiger partial charge in [0.05, 0.1) is 17.1 Å². The molecule has 4 aromatic carbocycles. The topological polar surface area (TPSA) is 70.7 Å². The summed E-state index contributed by atoms with van der Waals surface area (Å²) < 4.78 is 6.55. The lowest BCUT2D eigenvalue weighted by Crippen LogP contribution is -2.17. The van der Waals surface area contributed by atoms with E-state index in [-0.39, 0.29) is 17.7 Å². The van der Waals surface area contributed by atoms with Gasteiger partial charge in [-0.25, -0.2) is 4.79 Å². The Kier molecular flexibility index (Phi) is 6.53. The Morgan fingerprint density at radius 2 is 1.34 bits per heavy atom. The zero-order chi connectivity index (χ0) is 24.4. The number of para-hydroxylation sites is 1. The van der Waals surface area contributed by atoms with Gasteiger partial charge in [0.25, 0.3) is 0 Å². The minimum Gasteiger partial charge on any atom is -0.507 e. The van der Waals surface area contributed by atoms with E-state index in [1.54, 1.807) is 24.3 Å². The number of rotatable bonds is 6. The first kappa shape index (κ1) is 23.1. The largest absolute Gasteiger partial charge is 0.507 e. The summed E-state index contributed by atoms with van der Waals surface area (Å²) in [4.78, 5) is 13.0. The van der Waals surface area contributed by atoms with Crippen LogP contribution in [-0.2, 0) is 0 Å². The van der Waals surface area contributed by atoms with Crippen LogP contribution in [0.5, 0.6) is 5.75 Å². The molecule has 0 aliphatic carbocycles. The molecule has 0 saturated heterocycles. The molecule has 0 bridgehead atoms. The molecule has 0 fully saturated rings. The zero-order valence-corrected chi connectivity index (χ0v) is 20.4. The Bertz CT molecular complexity index is 1510. The van der Waals surface area contributed by atoms with Crippen molar-refractivity contribution in [3.8, 4) is 16.9 Å². The van der Waals surface area contributed by atoms with Crippen LogP contribution in [0.3, 0.4) is 0 Å². The molecule has 5 aromatic rings. The van der Waals surface area contributed by atoms with Gasteiger partial charge in [-0.3, -0.25) is 0 Å². The number of aromatic hydroxyl groups is 1. The molecule has 0 amide bonds. The first-order chi connectivity index (χ1) is 17.0. The van der Waals surface area contributed by atoms with Gasteiger partial charge in [0.15, 0.2) is 0 Å². The lowest BCUT2D eigenvalue weighted by atomic mass is 9.84. The molecule has 0 aliphatic heterocycles. The van der Waals surface area contributed by atoms with Crippen LogP contribution in [0.1, 0.15) is 35.1 Å². The number of halogens is 1. The van der Waals surface area contributed by atoms with E-state index < -0.39 is 17.6 Å². The van der Waals surface area contributed by atoms with E-state index in [0.29, 0.717) is 11.0 Å². The highest BCUT2D eigenvalue weighted by molar-refractivity contribution is 9.10. The van der Waals surface area contributed by atoms with Crippen molar-refractivity contribution in [2.45, 2.75) is 18.4 Å². The molecule has 5 heteroatoms. The zero-order valence-electron chi connectivity index (χ0n) is 18.8. The summed E-state index contributed by atoms with van der Waals surface area (Å²) >= 11 is 3.45. The van der Waals surface area contributed by atoms with Crippen molar-refractivity contribution in [2.75, 3.05) is 0 Å². The van der Waals surface area contributed by atoms with Crippen LogP contribution < -0.4 is 5.63 Å². The third kappa shape index (κ3) is 4.78. The lowest BCUT2D eigenvalue weighted by Gasteiger charge is -2.22. The molecule has 0 unspecified atom stereocenters. The maximum absolute atomic E-state index is 13.0. The van der Waals surface area contributed by atoms with Crippen LogP contribution >= 0.6 is 15.9 Å². The number of benzene rings is 4. The van der Waals surface area contributed by atoms with Gasteiger partial charge in [-0.15, -0.1) is 0 Å². The molecule has 4 nitrogen and oxygen atoms in total. The Balaban J connectivity index is 1.50. The van der Waals surface area contributed by atoms with Crippen LogP contribution in [0.4, 0.5) is 0 Å². The smallest absolute Gasteiger partial charge is 0.343 e. The SMILES string of the molecule is O=c1oc2ccccc2c(O)c1[C@H](C[C@H](O)c1ccc(-c2ccc(Br)cc2)cc1)c1ccccc1. The van der Waals surface area contributed by atoms with Gasteiger partial charge >= 0.3 is 5.63 Å². The molecule has 0 radical (unpaired) electrons. The standard InChI is InChI=1S/C30H23BrO4/c31-23-16-14-20(15-17-23)19-10-12-22(13-11-19)26(32)18-25(21-6-2-1-3-7-21)28-29(33)24-8-4-5-9-27(24)35-30(28)34/h1-17,25-26,32-33H,18H2/t25-,26+/m1/s1. The first-order valence-electron chi connectivity index (χ1n) is 11.3. The van der Waals surface area contributed by atoms with Crippen LogP contribution in [-0.4, -0.2) is 10.2 Å². The Labute approximate surface area is 211 Å². The number of hydrogen-bond acceptors (Lipinski definition) is 4. The molecule has 5 rings (SSSR count). The summed E-state index contributed by atoms with van der Waals surface area (Å²) in [5.41, 5.74) is 3.55. The minimum atomic E-state index is -0.857. The average Bonchev–Trinajstić information content (AvgIpc) is 2.89. The van der Waals surface area contributed by atoms with Crippen molar-refractivity contribution >= 4 is 26.9 Å². The maximum atomic E-state index is 13.0.